The normalized spacial score (nSPS) is 10.6. The standard InChI is InChI=1S/C17H12FNO2/c1-21-17(20)13-6-12(7-14(18)8-13)16-10-19-9-11-4-2-3-5-15(11)16/h2-10H,1H3. The van der Waals surface area contributed by atoms with Crippen molar-refractivity contribution >= 4 is 16.7 Å². The first kappa shape index (κ1) is 13.2. The molecule has 1 heterocycles. The molecular formula is C17H12FNO2. The number of aromatic nitrogens is 1. The Morgan fingerprint density at radius 3 is 2.76 bits per heavy atom. The number of esters is 1. The van der Waals surface area contributed by atoms with Gasteiger partial charge < -0.3 is 4.74 Å². The van der Waals surface area contributed by atoms with Gasteiger partial charge in [-0.15, -0.1) is 0 Å². The van der Waals surface area contributed by atoms with E-state index < -0.39 is 11.8 Å². The first-order valence-corrected chi connectivity index (χ1v) is 6.41. The quantitative estimate of drug-likeness (QED) is 0.670. The highest BCUT2D eigenvalue weighted by Gasteiger charge is 2.12. The van der Waals surface area contributed by atoms with Crippen LogP contribution in [0.3, 0.4) is 0 Å². The first-order chi connectivity index (χ1) is 10.2. The summed E-state index contributed by atoms with van der Waals surface area (Å²) in [5.41, 5.74) is 1.55. The second-order valence-electron chi connectivity index (χ2n) is 4.63. The lowest BCUT2D eigenvalue weighted by Gasteiger charge is -2.08. The van der Waals surface area contributed by atoms with Crippen LogP contribution in [-0.4, -0.2) is 18.1 Å². The molecule has 0 amide bonds. The number of benzene rings is 2. The molecule has 4 heteroatoms. The second-order valence-corrected chi connectivity index (χ2v) is 4.63. The summed E-state index contributed by atoms with van der Waals surface area (Å²) >= 11 is 0. The number of ether oxygens (including phenoxy) is 1. The lowest BCUT2D eigenvalue weighted by Crippen LogP contribution is -2.02. The van der Waals surface area contributed by atoms with E-state index in [-0.39, 0.29) is 5.56 Å². The van der Waals surface area contributed by atoms with E-state index >= 15 is 0 Å². The van der Waals surface area contributed by atoms with E-state index in [9.17, 15) is 9.18 Å². The third-order valence-electron chi connectivity index (χ3n) is 3.30. The maximum atomic E-state index is 13.8. The van der Waals surface area contributed by atoms with Gasteiger partial charge >= 0.3 is 5.97 Å². The van der Waals surface area contributed by atoms with Crippen molar-refractivity contribution in [3.05, 3.63) is 66.2 Å². The van der Waals surface area contributed by atoms with Crippen LogP contribution in [0.2, 0.25) is 0 Å². The van der Waals surface area contributed by atoms with E-state index in [4.69, 9.17) is 0 Å². The van der Waals surface area contributed by atoms with Gasteiger partial charge in [-0.05, 0) is 29.1 Å². The number of hydrogen-bond acceptors (Lipinski definition) is 3. The zero-order valence-electron chi connectivity index (χ0n) is 11.3. The van der Waals surface area contributed by atoms with Crippen molar-refractivity contribution < 1.29 is 13.9 Å². The maximum Gasteiger partial charge on any atom is 0.337 e. The van der Waals surface area contributed by atoms with Gasteiger partial charge in [0.25, 0.3) is 0 Å². The van der Waals surface area contributed by atoms with Gasteiger partial charge in [-0.1, -0.05) is 24.3 Å². The molecule has 3 rings (SSSR count). The highest BCUT2D eigenvalue weighted by Crippen LogP contribution is 2.29. The van der Waals surface area contributed by atoms with Gasteiger partial charge in [0.05, 0.1) is 12.7 Å². The third-order valence-corrected chi connectivity index (χ3v) is 3.30. The summed E-state index contributed by atoms with van der Waals surface area (Å²) in [4.78, 5) is 15.8. The average Bonchev–Trinajstić information content (AvgIpc) is 2.53. The summed E-state index contributed by atoms with van der Waals surface area (Å²) in [6.45, 7) is 0. The molecule has 3 aromatic rings. The van der Waals surface area contributed by atoms with Crippen LogP contribution in [0, 0.1) is 5.82 Å². The van der Waals surface area contributed by atoms with Crippen molar-refractivity contribution in [2.45, 2.75) is 0 Å². The van der Waals surface area contributed by atoms with Crippen LogP contribution >= 0.6 is 0 Å². The van der Waals surface area contributed by atoms with Crippen molar-refractivity contribution in [3.63, 3.8) is 0 Å². The Labute approximate surface area is 121 Å². The Balaban J connectivity index is 2.23. The predicted octanol–water partition coefficient (Wildman–Crippen LogP) is 3.83. The fourth-order valence-electron chi connectivity index (χ4n) is 2.33. The van der Waals surface area contributed by atoms with Crippen molar-refractivity contribution in [1.29, 1.82) is 0 Å². The molecule has 0 atom stereocenters. The summed E-state index contributed by atoms with van der Waals surface area (Å²) < 4.78 is 18.4. The summed E-state index contributed by atoms with van der Waals surface area (Å²) in [5, 5.41) is 1.91. The van der Waals surface area contributed by atoms with Crippen LogP contribution in [0.15, 0.2) is 54.9 Å². The zero-order valence-corrected chi connectivity index (χ0v) is 11.3. The Morgan fingerprint density at radius 2 is 1.95 bits per heavy atom. The van der Waals surface area contributed by atoms with Crippen molar-refractivity contribution in [2.75, 3.05) is 7.11 Å². The molecule has 0 fully saturated rings. The van der Waals surface area contributed by atoms with E-state index in [0.29, 0.717) is 5.56 Å². The van der Waals surface area contributed by atoms with Crippen molar-refractivity contribution in [1.82, 2.24) is 4.98 Å². The minimum absolute atomic E-state index is 0.181. The molecule has 0 aliphatic rings. The molecule has 3 nitrogen and oxygen atoms in total. The van der Waals surface area contributed by atoms with Crippen molar-refractivity contribution in [3.8, 4) is 11.1 Å². The molecule has 0 bridgehead atoms. The van der Waals surface area contributed by atoms with Crippen molar-refractivity contribution in [2.24, 2.45) is 0 Å². The minimum atomic E-state index is -0.566. The summed E-state index contributed by atoms with van der Waals surface area (Å²) in [6, 6.07) is 11.9. The number of fused-ring (bicyclic) bond motifs is 1. The Hall–Kier alpha value is -2.75. The number of carbonyl (C=O) groups excluding carboxylic acids is 1. The largest absolute Gasteiger partial charge is 0.465 e. The fourth-order valence-corrected chi connectivity index (χ4v) is 2.33. The summed E-state index contributed by atoms with van der Waals surface area (Å²) in [7, 11) is 1.27. The molecule has 104 valence electrons. The molecule has 21 heavy (non-hydrogen) atoms. The van der Waals surface area contributed by atoms with Gasteiger partial charge in [0.1, 0.15) is 5.82 Å². The molecule has 0 spiro atoms. The van der Waals surface area contributed by atoms with Crippen LogP contribution < -0.4 is 0 Å². The maximum absolute atomic E-state index is 13.8. The lowest BCUT2D eigenvalue weighted by atomic mass is 9.99. The highest BCUT2D eigenvalue weighted by molar-refractivity contribution is 5.97. The summed E-state index contributed by atoms with van der Waals surface area (Å²) in [5.74, 6) is -1.05. The topological polar surface area (TPSA) is 39.2 Å². The molecule has 0 aliphatic carbocycles. The van der Waals surface area contributed by atoms with E-state index in [1.54, 1.807) is 18.5 Å². The smallest absolute Gasteiger partial charge is 0.337 e. The van der Waals surface area contributed by atoms with E-state index in [1.165, 1.54) is 13.2 Å². The molecule has 1 aromatic heterocycles. The number of carbonyl (C=O) groups is 1. The third kappa shape index (κ3) is 2.48. The zero-order chi connectivity index (χ0) is 14.8. The SMILES string of the molecule is COC(=O)c1cc(F)cc(-c2cncc3ccccc23)c1. The Bertz CT molecular complexity index is 825. The van der Waals surface area contributed by atoms with E-state index in [1.807, 2.05) is 24.3 Å². The Kier molecular flexibility index (Phi) is 3.36. The molecule has 0 unspecified atom stereocenters. The van der Waals surface area contributed by atoms with Gasteiger partial charge in [0.2, 0.25) is 0 Å². The number of hydrogen-bond donors (Lipinski definition) is 0. The van der Waals surface area contributed by atoms with E-state index in [2.05, 4.69) is 9.72 Å². The van der Waals surface area contributed by atoms with Crippen LogP contribution in [0.5, 0.6) is 0 Å². The van der Waals surface area contributed by atoms with E-state index in [0.717, 1.165) is 22.4 Å². The summed E-state index contributed by atoms with van der Waals surface area (Å²) in [6.07, 6.45) is 3.41. The van der Waals surface area contributed by atoms with Crippen LogP contribution in [0.4, 0.5) is 4.39 Å². The molecule has 0 radical (unpaired) electrons. The minimum Gasteiger partial charge on any atom is -0.465 e. The Morgan fingerprint density at radius 1 is 1.14 bits per heavy atom. The number of halogens is 1. The molecule has 0 saturated heterocycles. The van der Waals surface area contributed by atoms with Gasteiger partial charge in [-0.3, -0.25) is 4.98 Å². The highest BCUT2D eigenvalue weighted by atomic mass is 19.1. The van der Waals surface area contributed by atoms with Gasteiger partial charge in [0.15, 0.2) is 0 Å². The van der Waals surface area contributed by atoms with Gasteiger partial charge in [-0.2, -0.15) is 0 Å². The van der Waals surface area contributed by atoms with Crippen LogP contribution in [0.1, 0.15) is 10.4 Å². The van der Waals surface area contributed by atoms with Gasteiger partial charge in [-0.25, -0.2) is 9.18 Å². The first-order valence-electron chi connectivity index (χ1n) is 6.41. The molecule has 2 aromatic carbocycles. The van der Waals surface area contributed by atoms with Gasteiger partial charge in [0, 0.05) is 23.3 Å². The second kappa shape index (κ2) is 5.32. The number of methoxy groups -OCH3 is 1. The fraction of sp³-hybridized carbons (Fsp3) is 0.0588. The number of rotatable bonds is 2. The molecule has 0 aliphatic heterocycles. The van der Waals surface area contributed by atoms with Crippen LogP contribution in [0.25, 0.3) is 21.9 Å². The molecular weight excluding hydrogens is 269 g/mol. The average molecular weight is 281 g/mol. The number of pyridine rings is 1. The molecule has 0 saturated carbocycles. The van der Waals surface area contributed by atoms with Crippen LogP contribution in [-0.2, 0) is 4.74 Å². The molecule has 0 N–H and O–H groups in total. The lowest BCUT2D eigenvalue weighted by molar-refractivity contribution is 0.0600. The predicted molar refractivity (Wildman–Crippen MR) is 78.5 cm³/mol. The number of nitrogens with zero attached hydrogens (tertiary/aromatic N) is 1. The monoisotopic (exact) mass is 281 g/mol.